The van der Waals surface area contributed by atoms with Crippen molar-refractivity contribution in [1.82, 2.24) is 5.32 Å². The Balaban J connectivity index is 2.19. The molecule has 0 saturated heterocycles. The van der Waals surface area contributed by atoms with Crippen LogP contribution in [-0.2, 0) is 0 Å². The normalized spacial score (nSPS) is 19.4. The minimum absolute atomic E-state index is 0.0394. The van der Waals surface area contributed by atoms with E-state index in [9.17, 15) is 4.79 Å². The number of fused-ring (bicyclic) bond motifs is 1. The quantitative estimate of drug-likeness (QED) is 0.803. The number of ether oxygens (including phenoxy) is 1. The molecule has 80 valence electrons. The molecule has 0 fully saturated rings. The van der Waals surface area contributed by atoms with Crippen LogP contribution in [0.3, 0.4) is 0 Å². The third-order valence-electron chi connectivity index (χ3n) is 2.38. The highest BCUT2D eigenvalue weighted by Crippen LogP contribution is 2.24. The van der Waals surface area contributed by atoms with Gasteiger partial charge < -0.3 is 10.1 Å². The maximum absolute atomic E-state index is 11.7. The van der Waals surface area contributed by atoms with Gasteiger partial charge in [-0.25, -0.2) is 0 Å². The Hall–Kier alpha value is -1.51. The zero-order chi connectivity index (χ0) is 10.8. The van der Waals surface area contributed by atoms with Crippen LogP contribution in [0.4, 0.5) is 0 Å². The van der Waals surface area contributed by atoms with Crippen molar-refractivity contribution in [2.24, 2.45) is 5.92 Å². The number of carbonyl (C=O) groups is 1. The minimum Gasteiger partial charge on any atom is -0.470 e. The average molecular weight is 205 g/mol. The Morgan fingerprint density at radius 1 is 1.40 bits per heavy atom. The van der Waals surface area contributed by atoms with Gasteiger partial charge in [0.2, 0.25) is 0 Å². The number of hydrogen-bond donors (Lipinski definition) is 1. The smallest absolute Gasteiger partial charge is 0.257 e. The Morgan fingerprint density at radius 3 is 2.87 bits per heavy atom. The van der Waals surface area contributed by atoms with Gasteiger partial charge in [-0.15, -0.1) is 0 Å². The summed E-state index contributed by atoms with van der Waals surface area (Å²) in [5.74, 6) is 1.15. The van der Waals surface area contributed by atoms with E-state index in [1.165, 1.54) is 0 Å². The van der Waals surface area contributed by atoms with Crippen LogP contribution in [0.1, 0.15) is 30.6 Å². The summed E-state index contributed by atoms with van der Waals surface area (Å²) in [7, 11) is 0. The van der Waals surface area contributed by atoms with Crippen LogP contribution >= 0.6 is 0 Å². The first kappa shape index (κ1) is 10.0. The van der Waals surface area contributed by atoms with Crippen molar-refractivity contribution in [3.05, 3.63) is 29.8 Å². The highest BCUT2D eigenvalue weighted by atomic mass is 16.5. The number of para-hydroxylation sites is 1. The molecule has 1 unspecified atom stereocenters. The monoisotopic (exact) mass is 205 g/mol. The number of amides is 1. The van der Waals surface area contributed by atoms with Crippen LogP contribution in [0, 0.1) is 5.92 Å². The van der Waals surface area contributed by atoms with Gasteiger partial charge >= 0.3 is 0 Å². The lowest BCUT2D eigenvalue weighted by atomic mass is 10.1. The number of rotatable bonds is 2. The Kier molecular flexibility index (Phi) is 2.62. The Morgan fingerprint density at radius 2 is 2.13 bits per heavy atom. The molecule has 2 rings (SSSR count). The van der Waals surface area contributed by atoms with E-state index < -0.39 is 0 Å². The van der Waals surface area contributed by atoms with Gasteiger partial charge in [0, 0.05) is 6.42 Å². The highest BCUT2D eigenvalue weighted by Gasteiger charge is 2.25. The SMILES string of the molecule is CC(C)CC1NC(=O)c2ccccc2O1. The lowest BCUT2D eigenvalue weighted by Crippen LogP contribution is -2.43. The fourth-order valence-electron chi connectivity index (χ4n) is 1.70. The van der Waals surface area contributed by atoms with Crippen molar-refractivity contribution in [2.75, 3.05) is 0 Å². The van der Waals surface area contributed by atoms with Crippen molar-refractivity contribution >= 4 is 5.91 Å². The van der Waals surface area contributed by atoms with Gasteiger partial charge in [0.25, 0.3) is 5.91 Å². The fourth-order valence-corrected chi connectivity index (χ4v) is 1.70. The third-order valence-corrected chi connectivity index (χ3v) is 2.38. The molecule has 15 heavy (non-hydrogen) atoms. The van der Waals surface area contributed by atoms with Crippen LogP contribution in [0.25, 0.3) is 0 Å². The molecule has 0 saturated carbocycles. The second-order valence-corrected chi connectivity index (χ2v) is 4.21. The third kappa shape index (κ3) is 2.12. The summed E-state index contributed by atoms with van der Waals surface area (Å²) in [5, 5.41) is 2.84. The Labute approximate surface area is 89.4 Å². The second kappa shape index (κ2) is 3.93. The molecule has 1 aliphatic heterocycles. The highest BCUT2D eigenvalue weighted by molar-refractivity contribution is 5.97. The van der Waals surface area contributed by atoms with E-state index in [-0.39, 0.29) is 12.1 Å². The van der Waals surface area contributed by atoms with E-state index >= 15 is 0 Å². The van der Waals surface area contributed by atoms with Crippen molar-refractivity contribution in [3.63, 3.8) is 0 Å². The van der Waals surface area contributed by atoms with E-state index in [1.54, 1.807) is 6.07 Å². The van der Waals surface area contributed by atoms with Gasteiger partial charge in [0.05, 0.1) is 5.56 Å². The molecular formula is C12H15NO2. The average Bonchev–Trinajstić information content (AvgIpc) is 2.16. The zero-order valence-electron chi connectivity index (χ0n) is 8.99. The lowest BCUT2D eigenvalue weighted by Gasteiger charge is -2.27. The van der Waals surface area contributed by atoms with Gasteiger partial charge in [0.15, 0.2) is 6.23 Å². The van der Waals surface area contributed by atoms with E-state index in [2.05, 4.69) is 19.2 Å². The number of carbonyl (C=O) groups excluding carboxylic acids is 1. The summed E-state index contributed by atoms with van der Waals surface area (Å²) < 4.78 is 5.68. The van der Waals surface area contributed by atoms with Gasteiger partial charge in [-0.3, -0.25) is 4.79 Å². The standard InChI is InChI=1S/C12H15NO2/c1-8(2)7-11-13-12(14)9-5-3-4-6-10(9)15-11/h3-6,8,11H,7H2,1-2H3,(H,13,14). The number of benzene rings is 1. The summed E-state index contributed by atoms with van der Waals surface area (Å²) in [4.78, 5) is 11.7. The van der Waals surface area contributed by atoms with Crippen molar-refractivity contribution < 1.29 is 9.53 Å². The van der Waals surface area contributed by atoms with Crippen molar-refractivity contribution in [3.8, 4) is 5.75 Å². The predicted octanol–water partition coefficient (Wildman–Crippen LogP) is 2.18. The molecule has 0 spiro atoms. The van der Waals surface area contributed by atoms with E-state index in [0.717, 1.165) is 6.42 Å². The number of nitrogens with one attached hydrogen (secondary N) is 1. The molecule has 1 aliphatic rings. The molecule has 1 N–H and O–H groups in total. The largest absolute Gasteiger partial charge is 0.470 e. The first-order valence-electron chi connectivity index (χ1n) is 5.23. The lowest BCUT2D eigenvalue weighted by molar-refractivity contribution is 0.0713. The van der Waals surface area contributed by atoms with Crippen LogP contribution in [-0.4, -0.2) is 12.1 Å². The molecule has 0 radical (unpaired) electrons. The number of hydrogen-bond acceptors (Lipinski definition) is 2. The van der Waals surface area contributed by atoms with Crippen LogP contribution in [0.5, 0.6) is 5.75 Å². The van der Waals surface area contributed by atoms with Crippen LogP contribution in [0.2, 0.25) is 0 Å². The molecule has 1 amide bonds. The van der Waals surface area contributed by atoms with Gasteiger partial charge in [-0.2, -0.15) is 0 Å². The fraction of sp³-hybridized carbons (Fsp3) is 0.417. The molecule has 0 aromatic heterocycles. The molecular weight excluding hydrogens is 190 g/mol. The van der Waals surface area contributed by atoms with Crippen molar-refractivity contribution in [2.45, 2.75) is 26.5 Å². The summed E-state index contributed by atoms with van der Waals surface area (Å²) in [6.07, 6.45) is 0.646. The molecule has 1 atom stereocenters. The Bertz CT molecular complexity index is 374. The summed E-state index contributed by atoms with van der Waals surface area (Å²) in [6, 6.07) is 7.33. The van der Waals surface area contributed by atoms with E-state index in [0.29, 0.717) is 17.2 Å². The molecule has 1 aromatic carbocycles. The van der Waals surface area contributed by atoms with Gasteiger partial charge in [0.1, 0.15) is 5.75 Å². The van der Waals surface area contributed by atoms with E-state index in [1.807, 2.05) is 18.2 Å². The van der Waals surface area contributed by atoms with Crippen LogP contribution in [0.15, 0.2) is 24.3 Å². The van der Waals surface area contributed by atoms with Crippen molar-refractivity contribution in [1.29, 1.82) is 0 Å². The summed E-state index contributed by atoms with van der Waals surface area (Å²) >= 11 is 0. The van der Waals surface area contributed by atoms with Gasteiger partial charge in [-0.1, -0.05) is 26.0 Å². The summed E-state index contributed by atoms with van der Waals surface area (Å²) in [5.41, 5.74) is 0.623. The topological polar surface area (TPSA) is 38.3 Å². The molecule has 3 heteroatoms. The van der Waals surface area contributed by atoms with Gasteiger partial charge in [-0.05, 0) is 18.1 Å². The predicted molar refractivity (Wildman–Crippen MR) is 57.8 cm³/mol. The van der Waals surface area contributed by atoms with Crippen LogP contribution < -0.4 is 10.1 Å². The molecule has 0 bridgehead atoms. The first-order valence-corrected chi connectivity index (χ1v) is 5.23. The molecule has 0 aliphatic carbocycles. The minimum atomic E-state index is -0.188. The molecule has 1 heterocycles. The second-order valence-electron chi connectivity index (χ2n) is 4.21. The van der Waals surface area contributed by atoms with E-state index in [4.69, 9.17) is 4.74 Å². The molecule has 1 aromatic rings. The maximum Gasteiger partial charge on any atom is 0.257 e. The first-order chi connectivity index (χ1) is 7.16. The summed E-state index contributed by atoms with van der Waals surface area (Å²) in [6.45, 7) is 4.21. The zero-order valence-corrected chi connectivity index (χ0v) is 8.99. The maximum atomic E-state index is 11.7. The molecule has 3 nitrogen and oxygen atoms in total.